The maximum absolute atomic E-state index is 12.8. The van der Waals surface area contributed by atoms with Crippen LogP contribution in [0.15, 0.2) is 47.2 Å². The van der Waals surface area contributed by atoms with Crippen molar-refractivity contribution in [3.63, 3.8) is 0 Å². The molecule has 0 bridgehead atoms. The van der Waals surface area contributed by atoms with Gasteiger partial charge in [0.05, 0.1) is 0 Å². The van der Waals surface area contributed by atoms with Crippen LogP contribution in [0.25, 0.3) is 11.6 Å². The predicted octanol–water partition coefficient (Wildman–Crippen LogP) is 2.71. The number of aryl methyl sites for hydroxylation is 2. The molecule has 0 aromatic carbocycles. The molecule has 0 spiro atoms. The molecule has 3 aromatic rings. The monoisotopic (exact) mass is 351 g/mol. The van der Waals surface area contributed by atoms with Gasteiger partial charge in [-0.1, -0.05) is 11.2 Å². The van der Waals surface area contributed by atoms with Crippen molar-refractivity contribution in [3.8, 4) is 11.6 Å². The average Bonchev–Trinajstić information content (AvgIpc) is 3.41. The summed E-state index contributed by atoms with van der Waals surface area (Å²) in [5.41, 5.74) is 1.40. The molecule has 1 fully saturated rings. The Bertz CT molecular complexity index is 886. The summed E-state index contributed by atoms with van der Waals surface area (Å²) in [6.45, 7) is 0.806. The molecular weight excluding hydrogens is 330 g/mol. The normalized spacial score (nSPS) is 17.0. The number of amides is 1. The smallest absolute Gasteiger partial charge is 0.276 e. The van der Waals surface area contributed by atoms with E-state index in [1.54, 1.807) is 6.20 Å². The van der Waals surface area contributed by atoms with Gasteiger partial charge in [-0.3, -0.25) is 9.78 Å². The third-order valence-corrected chi connectivity index (χ3v) is 4.85. The summed E-state index contributed by atoms with van der Waals surface area (Å²) >= 11 is 0. The molecule has 4 heterocycles. The molecule has 1 unspecified atom stereocenters. The van der Waals surface area contributed by atoms with E-state index in [0.29, 0.717) is 23.8 Å². The minimum atomic E-state index is 0.0993. The van der Waals surface area contributed by atoms with E-state index in [0.717, 1.165) is 31.5 Å². The molecule has 1 aliphatic heterocycles. The van der Waals surface area contributed by atoms with Crippen molar-refractivity contribution in [2.24, 2.45) is 7.05 Å². The Morgan fingerprint density at radius 1 is 1.31 bits per heavy atom. The maximum atomic E-state index is 12.8. The highest BCUT2D eigenvalue weighted by Gasteiger charge is 2.30. The van der Waals surface area contributed by atoms with Crippen LogP contribution in [-0.2, 0) is 13.5 Å². The molecule has 7 heteroatoms. The van der Waals surface area contributed by atoms with Crippen LogP contribution in [0.1, 0.15) is 35.6 Å². The van der Waals surface area contributed by atoms with Crippen LogP contribution in [-0.4, -0.2) is 43.1 Å². The molecule has 1 aliphatic rings. The van der Waals surface area contributed by atoms with Gasteiger partial charge in [-0.15, -0.1) is 0 Å². The van der Waals surface area contributed by atoms with Gasteiger partial charge in [0.15, 0.2) is 5.82 Å². The molecule has 0 N–H and O–H groups in total. The fraction of sp³-hybridized carbons (Fsp3) is 0.368. The van der Waals surface area contributed by atoms with E-state index in [4.69, 9.17) is 4.52 Å². The van der Waals surface area contributed by atoms with E-state index < -0.39 is 0 Å². The third kappa shape index (κ3) is 3.24. The van der Waals surface area contributed by atoms with Gasteiger partial charge in [0.1, 0.15) is 11.4 Å². The molecule has 1 saturated heterocycles. The van der Waals surface area contributed by atoms with Crippen LogP contribution in [0.2, 0.25) is 0 Å². The average molecular weight is 351 g/mol. The Morgan fingerprint density at radius 3 is 3.00 bits per heavy atom. The van der Waals surface area contributed by atoms with E-state index in [2.05, 4.69) is 15.1 Å². The lowest BCUT2D eigenvalue weighted by molar-refractivity contribution is 0.0720. The van der Waals surface area contributed by atoms with Gasteiger partial charge in [0, 0.05) is 38.4 Å². The summed E-state index contributed by atoms with van der Waals surface area (Å²) < 4.78 is 7.18. The molecule has 1 amide bonds. The van der Waals surface area contributed by atoms with Gasteiger partial charge in [0.25, 0.3) is 11.8 Å². The number of nitrogens with zero attached hydrogens (tertiary/aromatic N) is 5. The molecule has 3 aromatic heterocycles. The van der Waals surface area contributed by atoms with Gasteiger partial charge in [-0.25, -0.2) is 0 Å². The molecule has 7 nitrogen and oxygen atoms in total. The number of pyridine rings is 1. The van der Waals surface area contributed by atoms with Crippen LogP contribution >= 0.6 is 0 Å². The van der Waals surface area contributed by atoms with Crippen molar-refractivity contribution in [1.29, 1.82) is 0 Å². The first-order valence-corrected chi connectivity index (χ1v) is 8.88. The van der Waals surface area contributed by atoms with Crippen molar-refractivity contribution in [3.05, 3.63) is 54.2 Å². The lowest BCUT2D eigenvalue weighted by Gasteiger charge is -2.24. The fourth-order valence-corrected chi connectivity index (χ4v) is 3.48. The molecule has 0 radical (unpaired) electrons. The number of carbonyl (C=O) groups is 1. The molecule has 1 atom stereocenters. The van der Waals surface area contributed by atoms with Crippen molar-refractivity contribution in [2.75, 3.05) is 6.54 Å². The zero-order valence-electron chi connectivity index (χ0n) is 14.7. The Kier molecular flexibility index (Phi) is 4.51. The second kappa shape index (κ2) is 7.11. The Hall–Kier alpha value is -2.96. The van der Waals surface area contributed by atoms with E-state index in [1.807, 2.05) is 53.0 Å². The first kappa shape index (κ1) is 16.5. The van der Waals surface area contributed by atoms with Crippen molar-refractivity contribution in [2.45, 2.75) is 31.7 Å². The lowest BCUT2D eigenvalue weighted by atomic mass is 10.1. The highest BCUT2D eigenvalue weighted by molar-refractivity contribution is 5.93. The van der Waals surface area contributed by atoms with Crippen molar-refractivity contribution < 1.29 is 9.32 Å². The van der Waals surface area contributed by atoms with E-state index >= 15 is 0 Å². The van der Waals surface area contributed by atoms with E-state index in [9.17, 15) is 4.79 Å². The Morgan fingerprint density at radius 2 is 2.23 bits per heavy atom. The minimum Gasteiger partial charge on any atom is -0.347 e. The highest BCUT2D eigenvalue weighted by Crippen LogP contribution is 2.24. The standard InChI is InChI=1S/C19H21N5O2/c1-23-12-5-8-16(23)19(25)24-13-4-6-14(24)9-10-17-21-18(26-22-17)15-7-2-3-11-20-15/h2-3,5,7-8,11-12,14H,4,6,9-10,13H2,1H3. The van der Waals surface area contributed by atoms with Gasteiger partial charge >= 0.3 is 0 Å². The summed E-state index contributed by atoms with van der Waals surface area (Å²) in [6.07, 6.45) is 7.16. The Labute approximate surface area is 151 Å². The van der Waals surface area contributed by atoms with Crippen molar-refractivity contribution >= 4 is 5.91 Å². The summed E-state index contributed by atoms with van der Waals surface area (Å²) in [5, 5.41) is 4.05. The second-order valence-corrected chi connectivity index (χ2v) is 6.57. The van der Waals surface area contributed by atoms with Gasteiger partial charge in [0.2, 0.25) is 0 Å². The van der Waals surface area contributed by atoms with Crippen LogP contribution in [0.5, 0.6) is 0 Å². The first-order chi connectivity index (χ1) is 12.7. The van der Waals surface area contributed by atoms with Gasteiger partial charge in [-0.2, -0.15) is 4.98 Å². The number of aromatic nitrogens is 4. The Balaban J connectivity index is 1.40. The summed E-state index contributed by atoms with van der Waals surface area (Å²) in [6, 6.07) is 9.56. The number of hydrogen-bond donors (Lipinski definition) is 0. The molecule has 134 valence electrons. The first-order valence-electron chi connectivity index (χ1n) is 8.88. The maximum Gasteiger partial charge on any atom is 0.276 e. The minimum absolute atomic E-state index is 0.0993. The number of carbonyl (C=O) groups excluding carboxylic acids is 1. The summed E-state index contributed by atoms with van der Waals surface area (Å²) in [4.78, 5) is 23.4. The molecule has 26 heavy (non-hydrogen) atoms. The van der Waals surface area contributed by atoms with Gasteiger partial charge < -0.3 is 14.0 Å². The largest absolute Gasteiger partial charge is 0.347 e. The second-order valence-electron chi connectivity index (χ2n) is 6.57. The lowest BCUT2D eigenvalue weighted by Crippen LogP contribution is -2.36. The zero-order chi connectivity index (χ0) is 17.9. The van der Waals surface area contributed by atoms with Crippen LogP contribution in [0.3, 0.4) is 0 Å². The number of likely N-dealkylation sites (tertiary alicyclic amines) is 1. The van der Waals surface area contributed by atoms with Crippen LogP contribution in [0, 0.1) is 0 Å². The number of rotatable bonds is 5. The SMILES string of the molecule is Cn1cccc1C(=O)N1CCCC1CCc1noc(-c2ccccn2)n1. The van der Waals surface area contributed by atoms with E-state index in [-0.39, 0.29) is 11.9 Å². The quantitative estimate of drug-likeness (QED) is 0.706. The van der Waals surface area contributed by atoms with E-state index in [1.165, 1.54) is 0 Å². The van der Waals surface area contributed by atoms with Gasteiger partial charge in [-0.05, 0) is 43.5 Å². The molecular formula is C19H21N5O2. The molecule has 0 saturated carbocycles. The van der Waals surface area contributed by atoms with Crippen LogP contribution < -0.4 is 0 Å². The molecule has 0 aliphatic carbocycles. The third-order valence-electron chi connectivity index (χ3n) is 4.85. The van der Waals surface area contributed by atoms with Crippen molar-refractivity contribution in [1.82, 2.24) is 24.6 Å². The number of hydrogen-bond acceptors (Lipinski definition) is 5. The van der Waals surface area contributed by atoms with Crippen LogP contribution in [0.4, 0.5) is 0 Å². The summed E-state index contributed by atoms with van der Waals surface area (Å²) in [5.74, 6) is 1.19. The zero-order valence-corrected chi connectivity index (χ0v) is 14.7. The fourth-order valence-electron chi connectivity index (χ4n) is 3.48. The predicted molar refractivity (Wildman–Crippen MR) is 95.3 cm³/mol. The molecule has 4 rings (SSSR count). The topological polar surface area (TPSA) is 77.0 Å². The summed E-state index contributed by atoms with van der Waals surface area (Å²) in [7, 11) is 1.90. The highest BCUT2D eigenvalue weighted by atomic mass is 16.5.